The van der Waals surface area contributed by atoms with Gasteiger partial charge in [0.2, 0.25) is 0 Å². The van der Waals surface area contributed by atoms with E-state index >= 15 is 0 Å². The highest BCUT2D eigenvalue weighted by Crippen LogP contribution is 2.21. The van der Waals surface area contributed by atoms with Crippen molar-refractivity contribution in [3.63, 3.8) is 0 Å². The fourth-order valence-electron chi connectivity index (χ4n) is 1.05. The fourth-order valence-corrected chi connectivity index (χ4v) is 1.40. The van der Waals surface area contributed by atoms with Crippen LogP contribution in [0.5, 0.6) is 0 Å². The lowest BCUT2D eigenvalue weighted by atomic mass is 10.0. The van der Waals surface area contributed by atoms with Gasteiger partial charge in [0.25, 0.3) is 0 Å². The Kier molecular flexibility index (Phi) is 4.03. The molecule has 0 heterocycles. The maximum absolute atomic E-state index is 10.3. The quantitative estimate of drug-likeness (QED) is 0.757. The van der Waals surface area contributed by atoms with Gasteiger partial charge in [0.15, 0.2) is 0 Å². The van der Waals surface area contributed by atoms with Gasteiger partial charge in [0.1, 0.15) is 6.61 Å². The summed E-state index contributed by atoms with van der Waals surface area (Å²) in [5, 5.41) is 0. The molecule has 0 fully saturated rings. The third-order valence-electron chi connectivity index (χ3n) is 1.80. The van der Waals surface area contributed by atoms with Crippen LogP contribution in [0.15, 0.2) is 30.3 Å². The van der Waals surface area contributed by atoms with Crippen LogP contribution in [0, 0.1) is 0 Å². The Labute approximate surface area is 78.3 Å². The Morgan fingerprint density at radius 2 is 2.08 bits per heavy atom. The number of hydrogen-bond donors (Lipinski definition) is 1. The Bertz CT molecular complexity index is 273. The molecule has 0 bridgehead atoms. The Hall–Kier alpha value is -0.760. The van der Waals surface area contributed by atoms with Crippen LogP contribution >= 0.6 is 8.25 Å². The first-order valence-corrected chi connectivity index (χ1v) is 5.17. The molecule has 70 valence electrons. The lowest BCUT2D eigenvalue weighted by molar-refractivity contribution is 0.266. The molecule has 1 aromatic carbocycles. The number of hydrogen-bond acceptors (Lipinski definition) is 2. The lowest BCUT2D eigenvalue weighted by Crippen LogP contribution is -2.00. The molecule has 4 heteroatoms. The highest BCUT2D eigenvalue weighted by molar-refractivity contribution is 7.32. The minimum Gasteiger partial charge on any atom is -0.133 e. The molecule has 0 aliphatic rings. The van der Waals surface area contributed by atoms with Gasteiger partial charge < -0.3 is 0 Å². The van der Waals surface area contributed by atoms with Crippen molar-refractivity contribution in [2.24, 2.45) is 0 Å². The summed E-state index contributed by atoms with van der Waals surface area (Å²) in [6, 6.07) is 9.75. The van der Waals surface area contributed by atoms with Crippen molar-refractivity contribution in [1.82, 2.24) is 0 Å². The number of rotatable bonds is 4. The second-order valence-corrected chi connectivity index (χ2v) is 3.58. The predicted octanol–water partition coefficient (Wildman–Crippen LogP) is 2.46. The summed E-state index contributed by atoms with van der Waals surface area (Å²) in [5.74, 6) is 0.146. The van der Waals surface area contributed by atoms with Crippen LogP contribution in [0.4, 0.5) is 0 Å². The predicted molar refractivity (Wildman–Crippen MR) is 50.6 cm³/mol. The van der Waals surface area contributed by atoms with Gasteiger partial charge in [-0.05, 0) is 5.56 Å². The minimum absolute atomic E-state index is 0.146. The van der Waals surface area contributed by atoms with Crippen LogP contribution in [0.1, 0.15) is 18.4 Å². The molecular weight excluding hydrogens is 187 g/mol. The SMILES string of the molecule is CC(CO[P+](=O)O)c1ccccc1. The van der Waals surface area contributed by atoms with Gasteiger partial charge in [0, 0.05) is 10.5 Å². The van der Waals surface area contributed by atoms with Gasteiger partial charge in [0.05, 0.1) is 0 Å². The van der Waals surface area contributed by atoms with E-state index in [0.717, 1.165) is 5.56 Å². The molecule has 0 saturated carbocycles. The zero-order chi connectivity index (χ0) is 9.68. The molecule has 0 radical (unpaired) electrons. The largest absolute Gasteiger partial charge is 0.694 e. The van der Waals surface area contributed by atoms with Crippen molar-refractivity contribution in [2.45, 2.75) is 12.8 Å². The van der Waals surface area contributed by atoms with Gasteiger partial charge in [-0.3, -0.25) is 0 Å². The summed E-state index contributed by atoms with van der Waals surface area (Å²) in [5.41, 5.74) is 1.11. The topological polar surface area (TPSA) is 46.5 Å². The minimum atomic E-state index is -2.47. The second-order valence-electron chi connectivity index (χ2n) is 2.85. The summed E-state index contributed by atoms with van der Waals surface area (Å²) in [4.78, 5) is 8.44. The first-order chi connectivity index (χ1) is 6.20. The first kappa shape index (κ1) is 10.3. The van der Waals surface area contributed by atoms with E-state index < -0.39 is 8.25 Å². The zero-order valence-corrected chi connectivity index (χ0v) is 8.28. The van der Waals surface area contributed by atoms with E-state index in [9.17, 15) is 4.57 Å². The summed E-state index contributed by atoms with van der Waals surface area (Å²) in [6.45, 7) is 2.23. The third-order valence-corrected chi connectivity index (χ3v) is 2.17. The maximum atomic E-state index is 10.3. The molecule has 0 spiro atoms. The number of benzene rings is 1. The zero-order valence-electron chi connectivity index (χ0n) is 7.38. The maximum Gasteiger partial charge on any atom is 0.694 e. The van der Waals surface area contributed by atoms with Crippen molar-refractivity contribution in [3.8, 4) is 0 Å². The fraction of sp³-hybridized carbons (Fsp3) is 0.333. The van der Waals surface area contributed by atoms with Gasteiger partial charge in [-0.1, -0.05) is 37.3 Å². The lowest BCUT2D eigenvalue weighted by Gasteiger charge is -2.06. The molecule has 2 unspecified atom stereocenters. The van der Waals surface area contributed by atoms with Crippen LogP contribution in [0.25, 0.3) is 0 Å². The van der Waals surface area contributed by atoms with Crippen molar-refractivity contribution in [1.29, 1.82) is 0 Å². The van der Waals surface area contributed by atoms with E-state index in [1.54, 1.807) is 0 Å². The average Bonchev–Trinajstić information content (AvgIpc) is 2.15. The van der Waals surface area contributed by atoms with E-state index in [-0.39, 0.29) is 12.5 Å². The Morgan fingerprint density at radius 3 is 2.62 bits per heavy atom. The third kappa shape index (κ3) is 3.64. The van der Waals surface area contributed by atoms with Crippen molar-refractivity contribution in [2.75, 3.05) is 6.61 Å². The molecule has 0 saturated heterocycles. The molecule has 1 rings (SSSR count). The van der Waals surface area contributed by atoms with Crippen LogP contribution in [0.2, 0.25) is 0 Å². The summed E-state index contributed by atoms with van der Waals surface area (Å²) in [6.07, 6.45) is 0. The van der Waals surface area contributed by atoms with Crippen molar-refractivity contribution >= 4 is 8.25 Å². The highest BCUT2D eigenvalue weighted by atomic mass is 31.1. The molecule has 0 aromatic heterocycles. The smallest absolute Gasteiger partial charge is 0.133 e. The van der Waals surface area contributed by atoms with E-state index in [2.05, 4.69) is 4.52 Å². The molecule has 13 heavy (non-hydrogen) atoms. The monoisotopic (exact) mass is 199 g/mol. The van der Waals surface area contributed by atoms with Gasteiger partial charge >= 0.3 is 8.25 Å². The summed E-state index contributed by atoms with van der Waals surface area (Å²) >= 11 is 0. The average molecular weight is 199 g/mol. The Balaban J connectivity index is 2.49. The summed E-state index contributed by atoms with van der Waals surface area (Å²) < 4.78 is 14.9. The van der Waals surface area contributed by atoms with E-state index in [4.69, 9.17) is 4.89 Å². The standard InChI is InChI=1S/C9H11O3P/c1-8(7-12-13(10)11)9-5-3-2-4-6-9/h2-6,8H,7H2,1H3/p+1. The molecular formula is C9H12O3P+. The van der Waals surface area contributed by atoms with Gasteiger partial charge in [-0.25, -0.2) is 0 Å². The van der Waals surface area contributed by atoms with E-state index in [1.165, 1.54) is 0 Å². The molecule has 0 aliphatic carbocycles. The Morgan fingerprint density at radius 1 is 1.46 bits per heavy atom. The molecule has 2 atom stereocenters. The van der Waals surface area contributed by atoms with Crippen LogP contribution in [0.3, 0.4) is 0 Å². The highest BCUT2D eigenvalue weighted by Gasteiger charge is 2.15. The summed E-state index contributed by atoms with van der Waals surface area (Å²) in [7, 11) is -2.47. The normalized spacial score (nSPS) is 13.8. The van der Waals surface area contributed by atoms with Gasteiger partial charge in [-0.2, -0.15) is 0 Å². The first-order valence-electron chi connectivity index (χ1n) is 4.04. The molecule has 0 amide bonds. The van der Waals surface area contributed by atoms with Crippen LogP contribution in [-0.4, -0.2) is 11.5 Å². The second kappa shape index (κ2) is 5.07. The molecule has 0 aliphatic heterocycles. The molecule has 1 N–H and O–H groups in total. The van der Waals surface area contributed by atoms with Crippen LogP contribution in [-0.2, 0) is 9.09 Å². The van der Waals surface area contributed by atoms with E-state index in [0.29, 0.717) is 0 Å². The molecule has 3 nitrogen and oxygen atoms in total. The van der Waals surface area contributed by atoms with E-state index in [1.807, 2.05) is 37.3 Å². The molecule has 1 aromatic rings. The van der Waals surface area contributed by atoms with Gasteiger partial charge in [-0.15, -0.1) is 9.42 Å². The van der Waals surface area contributed by atoms with Crippen molar-refractivity contribution in [3.05, 3.63) is 35.9 Å². The van der Waals surface area contributed by atoms with Crippen molar-refractivity contribution < 1.29 is 14.0 Å². The van der Waals surface area contributed by atoms with Crippen LogP contribution < -0.4 is 0 Å².